The summed E-state index contributed by atoms with van der Waals surface area (Å²) in [6.45, 7) is 4.88. The second-order valence-electron chi connectivity index (χ2n) is 6.25. The number of alkyl halides is 6. The summed E-state index contributed by atoms with van der Waals surface area (Å²) in [6, 6.07) is 6.32. The molecular weight excluding hydrogens is 442 g/mol. The molecule has 32 heavy (non-hydrogen) atoms. The number of carbonyl (C=O) groups excluding carboxylic acids is 1. The van der Waals surface area contributed by atoms with Gasteiger partial charge in [-0.3, -0.25) is 5.01 Å². The van der Waals surface area contributed by atoms with Crippen LogP contribution in [0.25, 0.3) is 5.70 Å². The van der Waals surface area contributed by atoms with Crippen molar-refractivity contribution >= 4 is 29.8 Å². The molecule has 0 fully saturated rings. The molecule has 2 amide bonds. The van der Waals surface area contributed by atoms with Crippen LogP contribution in [-0.2, 0) is 6.18 Å². The number of urea groups is 1. The van der Waals surface area contributed by atoms with E-state index in [1.807, 2.05) is 0 Å². The molecule has 2 rings (SSSR count). The molecule has 0 saturated carbocycles. The number of halogens is 6. The number of amides is 2. The normalized spacial score (nSPS) is 12.2. The maximum atomic E-state index is 12.8. The fourth-order valence-corrected chi connectivity index (χ4v) is 2.65. The topological polar surface area (TPSA) is 66.0 Å². The third kappa shape index (κ3) is 6.65. The minimum atomic E-state index is -4.96. The summed E-state index contributed by atoms with van der Waals surface area (Å²) in [5, 5.41) is 9.59. The van der Waals surface area contributed by atoms with Crippen molar-refractivity contribution in [1.82, 2.24) is 5.01 Å². The molecule has 6 nitrogen and oxygen atoms in total. The molecule has 0 aliphatic rings. The van der Waals surface area contributed by atoms with Gasteiger partial charge in [-0.1, -0.05) is 6.08 Å². The first-order valence-electron chi connectivity index (χ1n) is 8.86. The molecule has 172 valence electrons. The lowest BCUT2D eigenvalue weighted by molar-refractivity contribution is -0.274. The van der Waals surface area contributed by atoms with Gasteiger partial charge in [-0.2, -0.15) is 18.3 Å². The Morgan fingerprint density at radius 3 is 2.09 bits per heavy atom. The first-order valence-corrected chi connectivity index (χ1v) is 8.86. The van der Waals surface area contributed by atoms with E-state index in [2.05, 4.69) is 27.2 Å². The standard InChI is InChI=1S/C20H18F6N4O2/c1-4-16(30(3)27-2)15-11-14(9-10-17(15)32-20(24,25)26)29-18(31)28-13-7-5-12(6-8-13)19(21,22)23/h4-11H,2H2,1,3H3,(H2,28,29,31)/b16-4-. The Morgan fingerprint density at radius 2 is 1.59 bits per heavy atom. The molecule has 0 unspecified atom stereocenters. The van der Waals surface area contributed by atoms with E-state index >= 15 is 0 Å². The summed E-state index contributed by atoms with van der Waals surface area (Å²) in [4.78, 5) is 12.2. The van der Waals surface area contributed by atoms with Gasteiger partial charge in [-0.15, -0.1) is 13.2 Å². The molecule has 2 aromatic rings. The molecule has 2 aromatic carbocycles. The van der Waals surface area contributed by atoms with Gasteiger partial charge in [0.1, 0.15) is 5.75 Å². The number of anilines is 2. The molecule has 0 aliphatic carbocycles. The van der Waals surface area contributed by atoms with Crippen molar-refractivity contribution in [3.05, 3.63) is 59.7 Å². The first kappa shape index (κ1) is 24.6. The monoisotopic (exact) mass is 460 g/mol. The number of carbonyl (C=O) groups is 1. The summed E-state index contributed by atoms with van der Waals surface area (Å²) in [6.07, 6.45) is -8.00. The molecule has 0 aromatic heterocycles. The van der Waals surface area contributed by atoms with E-state index in [1.54, 1.807) is 6.92 Å². The zero-order chi connectivity index (χ0) is 24.1. The smallest absolute Gasteiger partial charge is 0.405 e. The highest BCUT2D eigenvalue weighted by atomic mass is 19.4. The van der Waals surface area contributed by atoms with Gasteiger partial charge in [0.2, 0.25) is 0 Å². The number of rotatable bonds is 6. The van der Waals surface area contributed by atoms with Crippen LogP contribution in [-0.4, -0.2) is 31.2 Å². The summed E-state index contributed by atoms with van der Waals surface area (Å²) < 4.78 is 80.3. The number of ether oxygens (including phenoxy) is 1. The maximum absolute atomic E-state index is 12.8. The molecule has 0 aliphatic heterocycles. The van der Waals surface area contributed by atoms with Crippen molar-refractivity contribution in [3.8, 4) is 5.75 Å². The second kappa shape index (κ2) is 9.62. The molecule has 0 spiro atoms. The van der Waals surface area contributed by atoms with Crippen LogP contribution in [0, 0.1) is 0 Å². The van der Waals surface area contributed by atoms with E-state index in [0.29, 0.717) is 0 Å². The van der Waals surface area contributed by atoms with E-state index in [1.165, 1.54) is 30.3 Å². The van der Waals surface area contributed by atoms with Gasteiger partial charge in [0, 0.05) is 30.7 Å². The number of nitrogens with one attached hydrogen (secondary N) is 2. The van der Waals surface area contributed by atoms with Gasteiger partial charge in [0.05, 0.1) is 11.3 Å². The van der Waals surface area contributed by atoms with Crippen molar-refractivity contribution < 1.29 is 35.9 Å². The van der Waals surface area contributed by atoms with E-state index in [-0.39, 0.29) is 22.6 Å². The van der Waals surface area contributed by atoms with Crippen LogP contribution < -0.4 is 15.4 Å². The van der Waals surface area contributed by atoms with E-state index in [4.69, 9.17) is 0 Å². The van der Waals surface area contributed by atoms with Crippen LogP contribution in [0.2, 0.25) is 0 Å². The third-order valence-corrected chi connectivity index (χ3v) is 4.04. The van der Waals surface area contributed by atoms with Gasteiger partial charge in [0.15, 0.2) is 0 Å². The van der Waals surface area contributed by atoms with Crippen molar-refractivity contribution in [2.75, 3.05) is 17.7 Å². The number of hydrogen-bond donors (Lipinski definition) is 2. The van der Waals surface area contributed by atoms with Crippen LogP contribution in [0.1, 0.15) is 18.1 Å². The predicted molar refractivity (Wildman–Crippen MR) is 108 cm³/mol. The Bertz CT molecular complexity index is 1000. The summed E-state index contributed by atoms with van der Waals surface area (Å²) in [5.74, 6) is -0.533. The van der Waals surface area contributed by atoms with Gasteiger partial charge in [0.25, 0.3) is 0 Å². The highest BCUT2D eigenvalue weighted by Gasteiger charge is 2.33. The van der Waals surface area contributed by atoms with Crippen molar-refractivity contribution in [1.29, 1.82) is 0 Å². The minimum absolute atomic E-state index is 0.0351. The van der Waals surface area contributed by atoms with Crippen molar-refractivity contribution in [2.45, 2.75) is 19.5 Å². The zero-order valence-electron chi connectivity index (χ0n) is 16.8. The molecule has 0 radical (unpaired) electrons. The number of hydrazone groups is 1. The minimum Gasteiger partial charge on any atom is -0.405 e. The quantitative estimate of drug-likeness (QED) is 0.309. The average Bonchev–Trinajstić information content (AvgIpc) is 2.68. The molecule has 0 atom stereocenters. The van der Waals surface area contributed by atoms with Gasteiger partial charge >= 0.3 is 18.6 Å². The third-order valence-electron chi connectivity index (χ3n) is 4.04. The molecule has 2 N–H and O–H groups in total. The van der Waals surface area contributed by atoms with E-state index < -0.39 is 29.9 Å². The fourth-order valence-electron chi connectivity index (χ4n) is 2.65. The lowest BCUT2D eigenvalue weighted by atomic mass is 10.1. The highest BCUT2D eigenvalue weighted by Crippen LogP contribution is 2.34. The Morgan fingerprint density at radius 1 is 1.03 bits per heavy atom. The average molecular weight is 460 g/mol. The van der Waals surface area contributed by atoms with E-state index in [0.717, 1.165) is 30.3 Å². The molecule has 0 saturated heterocycles. The maximum Gasteiger partial charge on any atom is 0.573 e. The van der Waals surface area contributed by atoms with Gasteiger partial charge < -0.3 is 15.4 Å². The zero-order valence-corrected chi connectivity index (χ0v) is 16.8. The van der Waals surface area contributed by atoms with Crippen molar-refractivity contribution in [2.24, 2.45) is 5.10 Å². The van der Waals surface area contributed by atoms with Gasteiger partial charge in [-0.25, -0.2) is 4.79 Å². The Labute approximate surface area is 179 Å². The molecular formula is C20H18F6N4O2. The number of benzene rings is 2. The van der Waals surface area contributed by atoms with Crippen LogP contribution in [0.5, 0.6) is 5.75 Å². The number of nitrogens with zero attached hydrogens (tertiary/aromatic N) is 2. The predicted octanol–water partition coefficient (Wildman–Crippen LogP) is 6.16. The fraction of sp³-hybridized carbons (Fsp3) is 0.200. The van der Waals surface area contributed by atoms with Crippen LogP contribution in [0.15, 0.2) is 53.6 Å². The highest BCUT2D eigenvalue weighted by molar-refractivity contribution is 6.00. The summed E-state index contributed by atoms with van der Waals surface area (Å²) in [5.41, 5.74) is -0.529. The molecule has 0 heterocycles. The van der Waals surface area contributed by atoms with Crippen LogP contribution in [0.3, 0.4) is 0 Å². The Hall–Kier alpha value is -3.70. The SMILES string of the molecule is C=NN(C)/C(=C\C)c1cc(NC(=O)Nc2ccc(C(F)(F)F)cc2)ccc1OC(F)(F)F. The van der Waals surface area contributed by atoms with Crippen LogP contribution >= 0.6 is 0 Å². The first-order chi connectivity index (χ1) is 14.8. The molecule has 12 heteroatoms. The molecule has 0 bridgehead atoms. The van der Waals surface area contributed by atoms with Crippen LogP contribution in [0.4, 0.5) is 42.5 Å². The summed E-state index contributed by atoms with van der Waals surface area (Å²) in [7, 11) is 1.46. The van der Waals surface area contributed by atoms with E-state index in [9.17, 15) is 31.1 Å². The number of allylic oxidation sites excluding steroid dienone is 1. The van der Waals surface area contributed by atoms with Gasteiger partial charge in [-0.05, 0) is 49.4 Å². The lowest BCUT2D eigenvalue weighted by Gasteiger charge is -2.21. The Balaban J connectivity index is 2.26. The second-order valence-corrected chi connectivity index (χ2v) is 6.25. The Kier molecular flexibility index (Phi) is 7.39. The largest absolute Gasteiger partial charge is 0.573 e. The number of hydrogen-bond acceptors (Lipinski definition) is 4. The lowest BCUT2D eigenvalue weighted by Crippen LogP contribution is -2.21. The summed E-state index contributed by atoms with van der Waals surface area (Å²) >= 11 is 0. The van der Waals surface area contributed by atoms with Crippen molar-refractivity contribution in [3.63, 3.8) is 0 Å².